The number of amides is 1. The molecule has 4 rings (SSSR count). The summed E-state index contributed by atoms with van der Waals surface area (Å²) >= 11 is 0. The number of nitriles is 1. The van der Waals surface area contributed by atoms with E-state index < -0.39 is 0 Å². The molecule has 2 aromatic carbocycles. The van der Waals surface area contributed by atoms with Crippen molar-refractivity contribution in [1.29, 1.82) is 5.26 Å². The molecule has 0 saturated carbocycles. The van der Waals surface area contributed by atoms with Crippen LogP contribution in [-0.4, -0.2) is 27.6 Å². The molecule has 2 N–H and O–H groups in total. The van der Waals surface area contributed by atoms with Crippen molar-refractivity contribution in [2.75, 3.05) is 12.4 Å². The van der Waals surface area contributed by atoms with E-state index in [9.17, 15) is 10.1 Å². The number of rotatable bonds is 5. The Bertz CT molecular complexity index is 1220. The normalized spacial score (nSPS) is 10.7. The van der Waals surface area contributed by atoms with Crippen LogP contribution in [0, 0.1) is 11.3 Å². The summed E-state index contributed by atoms with van der Waals surface area (Å²) < 4.78 is 7.45. The quantitative estimate of drug-likeness (QED) is 0.539. The zero-order valence-electron chi connectivity index (χ0n) is 16.1. The Morgan fingerprint density at radius 3 is 2.69 bits per heavy atom. The van der Waals surface area contributed by atoms with Crippen LogP contribution in [0.2, 0.25) is 0 Å². The number of aromatic nitrogens is 3. The van der Waals surface area contributed by atoms with Gasteiger partial charge in [-0.2, -0.15) is 5.26 Å². The number of carbonyl (C=O) groups is 1. The molecular formula is C22H19N5O2. The smallest absolute Gasteiger partial charge is 0.275 e. The lowest BCUT2D eigenvalue weighted by Crippen LogP contribution is -2.12. The number of ether oxygens (including phenoxy) is 1. The van der Waals surface area contributed by atoms with E-state index in [2.05, 4.69) is 25.9 Å². The Morgan fingerprint density at radius 1 is 1.28 bits per heavy atom. The average molecular weight is 385 g/mol. The van der Waals surface area contributed by atoms with Crippen LogP contribution in [0.4, 0.5) is 5.69 Å². The number of anilines is 1. The number of nitrogens with zero attached hydrogens (tertiary/aromatic N) is 3. The first-order valence-corrected chi connectivity index (χ1v) is 9.17. The van der Waals surface area contributed by atoms with E-state index in [4.69, 9.17) is 4.74 Å². The largest absolute Gasteiger partial charge is 0.497 e. The highest BCUT2D eigenvalue weighted by molar-refractivity contribution is 6.03. The lowest BCUT2D eigenvalue weighted by molar-refractivity contribution is 0.102. The number of nitrogens with one attached hydrogen (secondary N) is 2. The molecule has 2 aromatic heterocycles. The van der Waals surface area contributed by atoms with Crippen LogP contribution in [0.3, 0.4) is 0 Å². The summed E-state index contributed by atoms with van der Waals surface area (Å²) in [6.07, 6.45) is 3.00. The van der Waals surface area contributed by atoms with Gasteiger partial charge in [0.25, 0.3) is 5.91 Å². The lowest BCUT2D eigenvalue weighted by Gasteiger charge is -2.10. The fourth-order valence-electron chi connectivity index (χ4n) is 3.49. The summed E-state index contributed by atoms with van der Waals surface area (Å²) in [4.78, 5) is 18.9. The van der Waals surface area contributed by atoms with Crippen LogP contribution in [0.15, 0.2) is 55.0 Å². The predicted molar refractivity (Wildman–Crippen MR) is 111 cm³/mol. The molecule has 2 heterocycles. The van der Waals surface area contributed by atoms with Crippen molar-refractivity contribution < 1.29 is 9.53 Å². The van der Waals surface area contributed by atoms with Gasteiger partial charge in [-0.1, -0.05) is 12.1 Å². The topological polar surface area (TPSA) is 95.7 Å². The number of carbonyl (C=O) groups excluding carboxylic acids is 1. The molecule has 0 spiro atoms. The molecule has 0 unspecified atom stereocenters. The van der Waals surface area contributed by atoms with Crippen molar-refractivity contribution in [2.24, 2.45) is 0 Å². The number of imidazole rings is 1. The molecule has 0 aliphatic rings. The maximum atomic E-state index is 12.2. The fraction of sp³-hybridized carbons (Fsp3) is 0.136. The van der Waals surface area contributed by atoms with Gasteiger partial charge in [0.15, 0.2) is 0 Å². The second-order valence-electron chi connectivity index (χ2n) is 6.45. The van der Waals surface area contributed by atoms with E-state index in [1.807, 2.05) is 49.4 Å². The molecule has 4 aromatic rings. The minimum atomic E-state index is -0.286. The Balaban J connectivity index is 1.74. The summed E-state index contributed by atoms with van der Waals surface area (Å²) in [6.45, 7) is 2.75. The van der Waals surface area contributed by atoms with E-state index in [1.165, 1.54) is 12.5 Å². The Hall–Kier alpha value is -4.05. The number of methoxy groups -OCH3 is 1. The summed E-state index contributed by atoms with van der Waals surface area (Å²) in [5.74, 6) is 0.462. The zero-order chi connectivity index (χ0) is 20.4. The summed E-state index contributed by atoms with van der Waals surface area (Å²) in [7, 11) is 1.63. The summed E-state index contributed by atoms with van der Waals surface area (Å²) in [6, 6.07) is 15.5. The molecular weight excluding hydrogens is 366 g/mol. The molecule has 0 bridgehead atoms. The molecule has 0 aliphatic heterocycles. The third-order valence-corrected chi connectivity index (χ3v) is 4.85. The highest BCUT2D eigenvalue weighted by atomic mass is 16.5. The molecule has 7 heteroatoms. The standard InChI is InChI=1S/C22H19N5O2/c1-3-27-20-10-16(29-2)8-9-17(20)18(11-23)21(27)14-4-6-15(7-5-14)26-22(28)19-12-24-13-25-19/h4-10,12-13H,3H2,1-2H3,(H,24,25)(H,26,28). The monoisotopic (exact) mass is 385 g/mol. The SMILES string of the molecule is CCn1c(-c2ccc(NC(=O)c3c[nH]cn3)cc2)c(C#N)c2ccc(OC)cc21. The van der Waals surface area contributed by atoms with Crippen molar-refractivity contribution in [3.63, 3.8) is 0 Å². The number of H-pyrrole nitrogens is 1. The van der Waals surface area contributed by atoms with Crippen molar-refractivity contribution in [1.82, 2.24) is 14.5 Å². The highest BCUT2D eigenvalue weighted by Crippen LogP contribution is 2.35. The van der Waals surface area contributed by atoms with E-state index in [0.29, 0.717) is 23.5 Å². The second-order valence-corrected chi connectivity index (χ2v) is 6.45. The van der Waals surface area contributed by atoms with Crippen LogP contribution in [0.1, 0.15) is 23.0 Å². The molecule has 0 fully saturated rings. The molecule has 0 saturated heterocycles. The minimum absolute atomic E-state index is 0.286. The van der Waals surface area contributed by atoms with Gasteiger partial charge in [-0.05, 0) is 36.8 Å². The third-order valence-electron chi connectivity index (χ3n) is 4.85. The highest BCUT2D eigenvalue weighted by Gasteiger charge is 2.18. The van der Waals surface area contributed by atoms with Crippen molar-refractivity contribution in [3.05, 3.63) is 66.2 Å². The van der Waals surface area contributed by atoms with Crippen molar-refractivity contribution >= 4 is 22.5 Å². The average Bonchev–Trinajstić information content (AvgIpc) is 3.39. The van der Waals surface area contributed by atoms with Crippen LogP contribution in [-0.2, 0) is 6.54 Å². The first kappa shape index (κ1) is 18.3. The lowest BCUT2D eigenvalue weighted by atomic mass is 10.1. The van der Waals surface area contributed by atoms with Crippen LogP contribution in [0.5, 0.6) is 5.75 Å². The van der Waals surface area contributed by atoms with Crippen molar-refractivity contribution in [3.8, 4) is 23.1 Å². The number of hydrogen-bond acceptors (Lipinski definition) is 4. The van der Waals surface area contributed by atoms with Gasteiger partial charge in [0.2, 0.25) is 0 Å². The van der Waals surface area contributed by atoms with Gasteiger partial charge in [-0.25, -0.2) is 4.98 Å². The zero-order valence-corrected chi connectivity index (χ0v) is 16.1. The van der Waals surface area contributed by atoms with E-state index in [1.54, 1.807) is 7.11 Å². The predicted octanol–water partition coefficient (Wildman–Crippen LogP) is 4.18. The minimum Gasteiger partial charge on any atom is -0.497 e. The number of benzene rings is 2. The van der Waals surface area contributed by atoms with E-state index in [-0.39, 0.29) is 5.91 Å². The summed E-state index contributed by atoms with van der Waals surface area (Å²) in [5, 5.41) is 13.5. The molecule has 144 valence electrons. The molecule has 0 aliphatic carbocycles. The maximum absolute atomic E-state index is 12.2. The van der Waals surface area contributed by atoms with E-state index >= 15 is 0 Å². The first-order valence-electron chi connectivity index (χ1n) is 9.17. The van der Waals surface area contributed by atoms with Gasteiger partial charge < -0.3 is 19.6 Å². The maximum Gasteiger partial charge on any atom is 0.275 e. The molecule has 29 heavy (non-hydrogen) atoms. The second kappa shape index (κ2) is 7.52. The van der Waals surface area contributed by atoms with Crippen LogP contribution in [0.25, 0.3) is 22.2 Å². The Labute approximate surface area is 167 Å². The molecule has 0 radical (unpaired) electrons. The number of aryl methyl sites for hydroxylation is 1. The van der Waals surface area contributed by atoms with Crippen molar-refractivity contribution in [2.45, 2.75) is 13.5 Å². The number of hydrogen-bond donors (Lipinski definition) is 2. The summed E-state index contributed by atoms with van der Waals surface area (Å²) in [5.41, 5.74) is 4.30. The third kappa shape index (κ3) is 3.21. The van der Waals surface area contributed by atoms with Gasteiger partial charge in [0.05, 0.1) is 30.2 Å². The van der Waals surface area contributed by atoms with Crippen LogP contribution >= 0.6 is 0 Å². The van der Waals surface area contributed by atoms with Gasteiger partial charge in [0, 0.05) is 29.9 Å². The molecule has 1 amide bonds. The van der Waals surface area contributed by atoms with Gasteiger partial charge in [-0.15, -0.1) is 0 Å². The molecule has 0 atom stereocenters. The first-order chi connectivity index (χ1) is 14.2. The Morgan fingerprint density at radius 2 is 2.07 bits per heavy atom. The van der Waals surface area contributed by atoms with Gasteiger partial charge >= 0.3 is 0 Å². The Kier molecular flexibility index (Phi) is 4.75. The molecule has 7 nitrogen and oxygen atoms in total. The van der Waals surface area contributed by atoms with Gasteiger partial charge in [0.1, 0.15) is 17.5 Å². The number of fused-ring (bicyclic) bond motifs is 1. The fourth-order valence-corrected chi connectivity index (χ4v) is 3.49. The van der Waals surface area contributed by atoms with Crippen LogP contribution < -0.4 is 10.1 Å². The van der Waals surface area contributed by atoms with Gasteiger partial charge in [-0.3, -0.25) is 4.79 Å². The number of aromatic amines is 1. The van der Waals surface area contributed by atoms with E-state index in [0.717, 1.165) is 27.9 Å².